The summed E-state index contributed by atoms with van der Waals surface area (Å²) in [4.78, 5) is 8.15. The van der Waals surface area contributed by atoms with Crippen molar-refractivity contribution in [1.29, 1.82) is 0 Å². The lowest BCUT2D eigenvalue weighted by Gasteiger charge is -1.98. The van der Waals surface area contributed by atoms with E-state index in [2.05, 4.69) is 31.1 Å². The molecule has 0 bridgehead atoms. The molecule has 0 aromatic carbocycles. The van der Waals surface area contributed by atoms with Gasteiger partial charge in [-0.3, -0.25) is 4.98 Å². The van der Waals surface area contributed by atoms with E-state index in [9.17, 15) is 0 Å². The van der Waals surface area contributed by atoms with Crippen molar-refractivity contribution in [2.75, 3.05) is 6.61 Å². The lowest BCUT2D eigenvalue weighted by molar-refractivity contribution is 0.237. The minimum absolute atomic E-state index is 0.196. The summed E-state index contributed by atoms with van der Waals surface area (Å²) in [6, 6.07) is 2.92. The van der Waals surface area contributed by atoms with E-state index in [4.69, 9.17) is 15.4 Å². The second-order valence-electron chi connectivity index (χ2n) is 3.11. The smallest absolute Gasteiger partial charge is 0.246 e. The molecular weight excluding hydrogens is 276 g/mol. The fraction of sp³-hybridized carbons (Fsp3) is 0.222. The summed E-state index contributed by atoms with van der Waals surface area (Å²) >= 11 is 3.28. The predicted octanol–water partition coefficient (Wildman–Crippen LogP) is 0.886. The van der Waals surface area contributed by atoms with Crippen LogP contribution < -0.4 is 5.73 Å². The van der Waals surface area contributed by atoms with Crippen LogP contribution in [0.25, 0.3) is 11.5 Å². The Morgan fingerprint density at radius 1 is 1.50 bits per heavy atom. The van der Waals surface area contributed by atoms with Crippen LogP contribution in [-0.4, -0.2) is 26.8 Å². The van der Waals surface area contributed by atoms with Crippen molar-refractivity contribution in [3.8, 4) is 11.5 Å². The van der Waals surface area contributed by atoms with Crippen LogP contribution >= 0.6 is 15.9 Å². The van der Waals surface area contributed by atoms with Crippen LogP contribution in [0.3, 0.4) is 0 Å². The maximum Gasteiger partial charge on any atom is 0.246 e. The topological polar surface area (TPSA) is 98.1 Å². The third-order valence-electron chi connectivity index (χ3n) is 1.91. The van der Waals surface area contributed by atoms with Crippen molar-refractivity contribution >= 4 is 15.9 Å². The minimum atomic E-state index is -0.656. The summed E-state index contributed by atoms with van der Waals surface area (Å²) in [5.74, 6) is 0.550. The molecule has 2 aromatic rings. The Bertz CT molecular complexity index is 471. The highest BCUT2D eigenvalue weighted by atomic mass is 79.9. The number of nitrogens with zero attached hydrogens (tertiary/aromatic N) is 3. The highest BCUT2D eigenvalue weighted by Gasteiger charge is 2.15. The molecule has 0 amide bonds. The third-order valence-corrected chi connectivity index (χ3v) is 2.38. The molecule has 7 heteroatoms. The number of aliphatic hydroxyl groups excluding tert-OH is 1. The number of aromatic nitrogens is 3. The molecule has 0 unspecified atom stereocenters. The van der Waals surface area contributed by atoms with Gasteiger partial charge < -0.3 is 15.4 Å². The van der Waals surface area contributed by atoms with Gasteiger partial charge in [0, 0.05) is 10.7 Å². The molecule has 0 aliphatic carbocycles. The molecule has 0 aliphatic heterocycles. The average molecular weight is 285 g/mol. The Labute approximate surface area is 99.6 Å². The Kier molecular flexibility index (Phi) is 3.28. The van der Waals surface area contributed by atoms with Crippen molar-refractivity contribution in [3.05, 3.63) is 28.7 Å². The molecule has 0 fully saturated rings. The number of nitrogens with two attached hydrogens (primary N) is 1. The third kappa shape index (κ3) is 2.26. The molecule has 6 nitrogen and oxygen atoms in total. The average Bonchev–Trinajstić information content (AvgIpc) is 2.78. The summed E-state index contributed by atoms with van der Waals surface area (Å²) in [7, 11) is 0. The number of rotatable bonds is 3. The van der Waals surface area contributed by atoms with E-state index in [1.54, 1.807) is 12.3 Å². The van der Waals surface area contributed by atoms with Crippen LogP contribution in [0.15, 0.2) is 27.3 Å². The van der Waals surface area contributed by atoms with Gasteiger partial charge in [-0.15, -0.1) is 0 Å². The number of hydrogen-bond acceptors (Lipinski definition) is 6. The molecule has 16 heavy (non-hydrogen) atoms. The first-order valence-electron chi connectivity index (χ1n) is 4.52. The Hall–Kier alpha value is -1.31. The van der Waals surface area contributed by atoms with Gasteiger partial charge in [-0.25, -0.2) is 0 Å². The molecule has 2 heterocycles. The summed E-state index contributed by atoms with van der Waals surface area (Å²) in [6.07, 6.45) is 1.64. The minimum Gasteiger partial charge on any atom is -0.394 e. The monoisotopic (exact) mass is 284 g/mol. The predicted molar refractivity (Wildman–Crippen MR) is 59.2 cm³/mol. The van der Waals surface area contributed by atoms with Crippen molar-refractivity contribution < 1.29 is 9.63 Å². The van der Waals surface area contributed by atoms with Gasteiger partial charge in [0.1, 0.15) is 11.7 Å². The van der Waals surface area contributed by atoms with Crippen LogP contribution in [0.2, 0.25) is 0 Å². The Morgan fingerprint density at radius 3 is 2.94 bits per heavy atom. The highest BCUT2D eigenvalue weighted by molar-refractivity contribution is 9.10. The largest absolute Gasteiger partial charge is 0.394 e. The van der Waals surface area contributed by atoms with Crippen LogP contribution in [0, 0.1) is 0 Å². The maximum atomic E-state index is 8.83. The number of hydrogen-bond donors (Lipinski definition) is 2. The zero-order valence-corrected chi connectivity index (χ0v) is 9.75. The van der Waals surface area contributed by atoms with E-state index in [1.165, 1.54) is 0 Å². The lowest BCUT2D eigenvalue weighted by Crippen LogP contribution is -2.14. The second-order valence-corrected chi connectivity index (χ2v) is 4.02. The van der Waals surface area contributed by atoms with Crippen LogP contribution in [0.1, 0.15) is 11.9 Å². The van der Waals surface area contributed by atoms with E-state index < -0.39 is 6.04 Å². The van der Waals surface area contributed by atoms with E-state index in [1.807, 2.05) is 6.07 Å². The summed E-state index contributed by atoms with van der Waals surface area (Å²) in [5.41, 5.74) is 6.12. The molecule has 0 saturated carbocycles. The van der Waals surface area contributed by atoms with Gasteiger partial charge in [-0.05, 0) is 28.1 Å². The zero-order valence-electron chi connectivity index (χ0n) is 8.17. The molecule has 84 valence electrons. The highest BCUT2D eigenvalue weighted by Crippen LogP contribution is 2.17. The normalized spacial score (nSPS) is 12.7. The summed E-state index contributed by atoms with van der Waals surface area (Å²) in [5, 5.41) is 12.6. The summed E-state index contributed by atoms with van der Waals surface area (Å²) in [6.45, 7) is -0.241. The molecule has 3 N–H and O–H groups in total. The maximum absolute atomic E-state index is 8.83. The summed E-state index contributed by atoms with van der Waals surface area (Å²) < 4.78 is 5.77. The van der Waals surface area contributed by atoms with Gasteiger partial charge in [0.15, 0.2) is 0 Å². The lowest BCUT2D eigenvalue weighted by atomic mass is 10.3. The van der Waals surface area contributed by atoms with E-state index in [0.717, 1.165) is 4.47 Å². The first-order valence-corrected chi connectivity index (χ1v) is 5.32. The van der Waals surface area contributed by atoms with Crippen molar-refractivity contribution in [2.45, 2.75) is 6.04 Å². The molecule has 1 atom stereocenters. The zero-order chi connectivity index (χ0) is 11.5. The van der Waals surface area contributed by atoms with E-state index >= 15 is 0 Å². The number of aliphatic hydroxyl groups is 1. The first-order chi connectivity index (χ1) is 7.70. The van der Waals surface area contributed by atoms with Gasteiger partial charge in [-0.2, -0.15) is 4.98 Å². The van der Waals surface area contributed by atoms with Crippen molar-refractivity contribution in [3.63, 3.8) is 0 Å². The fourth-order valence-corrected chi connectivity index (χ4v) is 1.31. The standard InChI is InChI=1S/C9H9BrN4O2/c10-5-1-2-7(12-3-5)8-13-9(16-14-8)6(11)4-15/h1-3,6,15H,4,11H2/t6-/m0/s1. The molecule has 0 aliphatic rings. The number of halogens is 1. The fourth-order valence-electron chi connectivity index (χ4n) is 1.08. The first kappa shape index (κ1) is 11.2. The van der Waals surface area contributed by atoms with Crippen molar-refractivity contribution in [1.82, 2.24) is 15.1 Å². The molecule has 2 rings (SSSR count). The Morgan fingerprint density at radius 2 is 2.31 bits per heavy atom. The van der Waals surface area contributed by atoms with Gasteiger partial charge in [0.2, 0.25) is 11.7 Å². The van der Waals surface area contributed by atoms with Gasteiger partial charge in [0.05, 0.1) is 6.61 Å². The molecule has 0 spiro atoms. The number of pyridine rings is 1. The van der Waals surface area contributed by atoms with Crippen LogP contribution in [0.4, 0.5) is 0 Å². The molecule has 2 aromatic heterocycles. The molecular formula is C9H9BrN4O2. The van der Waals surface area contributed by atoms with E-state index in [-0.39, 0.29) is 12.5 Å². The quantitative estimate of drug-likeness (QED) is 0.869. The van der Waals surface area contributed by atoms with Gasteiger partial charge in [0.25, 0.3) is 0 Å². The molecule has 0 radical (unpaired) electrons. The molecule has 0 saturated heterocycles. The second kappa shape index (κ2) is 4.69. The van der Waals surface area contributed by atoms with Crippen LogP contribution in [0.5, 0.6) is 0 Å². The van der Waals surface area contributed by atoms with Gasteiger partial charge >= 0.3 is 0 Å². The van der Waals surface area contributed by atoms with Gasteiger partial charge in [-0.1, -0.05) is 5.16 Å². The van der Waals surface area contributed by atoms with Crippen molar-refractivity contribution in [2.24, 2.45) is 5.73 Å². The Balaban J connectivity index is 2.28. The van der Waals surface area contributed by atoms with Crippen LogP contribution in [-0.2, 0) is 0 Å². The SMILES string of the molecule is N[C@@H](CO)c1nc(-c2ccc(Br)cn2)no1. The van der Waals surface area contributed by atoms with E-state index in [0.29, 0.717) is 11.5 Å².